The van der Waals surface area contributed by atoms with Crippen molar-refractivity contribution in [2.24, 2.45) is 4.99 Å². The maximum atomic E-state index is 11.8. The van der Waals surface area contributed by atoms with E-state index in [1.165, 1.54) is 17.3 Å². The minimum Gasteiger partial charge on any atom is -0.338 e. The number of urea groups is 1. The number of hydrogen-bond acceptors (Lipinski definition) is 4. The summed E-state index contributed by atoms with van der Waals surface area (Å²) < 4.78 is 0. The quantitative estimate of drug-likeness (QED) is 0.227. The Morgan fingerprint density at radius 3 is 2.67 bits per heavy atom. The van der Waals surface area contributed by atoms with Crippen LogP contribution in [0.3, 0.4) is 0 Å². The summed E-state index contributed by atoms with van der Waals surface area (Å²) in [5, 5.41) is 5.57. The zero-order chi connectivity index (χ0) is 21.9. The van der Waals surface area contributed by atoms with Crippen LogP contribution in [0.4, 0.5) is 10.5 Å². The molecule has 0 aliphatic rings. The SMILES string of the molecule is C=C/C=C\C(=C(C)C)c1cc(N=C)c(SCNC(=O)NCC)c(-c2ccccn2)c1. The zero-order valence-corrected chi connectivity index (χ0v) is 18.6. The lowest BCUT2D eigenvalue weighted by atomic mass is 9.96. The first-order chi connectivity index (χ1) is 14.5. The lowest BCUT2D eigenvalue weighted by molar-refractivity contribution is 0.243. The molecule has 0 saturated heterocycles. The third-order valence-corrected chi connectivity index (χ3v) is 5.22. The Balaban J connectivity index is 2.56. The standard InChI is InChI=1S/C24H28N4OS/c1-6-8-11-19(17(3)4)18-14-20(21-12-9-10-13-27-21)23(22(15-18)25-5)30-16-28-24(29)26-7-2/h6,8-15H,1,5,7,16H2,2-4H3,(H2,26,28,29)/b11-8-. The molecule has 0 bridgehead atoms. The molecule has 1 aromatic carbocycles. The number of thioether (sulfide) groups is 1. The Bertz CT molecular complexity index is 961. The van der Waals surface area contributed by atoms with Crippen LogP contribution in [0.15, 0.2) is 76.8 Å². The van der Waals surface area contributed by atoms with Gasteiger partial charge in [0, 0.05) is 23.2 Å². The molecule has 6 heteroatoms. The molecule has 0 radical (unpaired) electrons. The number of hydrogen-bond donors (Lipinski definition) is 2. The molecule has 0 fully saturated rings. The summed E-state index contributed by atoms with van der Waals surface area (Å²) in [7, 11) is 0. The fourth-order valence-corrected chi connectivity index (χ4v) is 3.80. The Hall–Kier alpha value is -3.12. The molecule has 1 aromatic heterocycles. The van der Waals surface area contributed by atoms with Gasteiger partial charge in [-0.1, -0.05) is 36.4 Å². The fraction of sp³-hybridized carbons (Fsp3) is 0.208. The largest absolute Gasteiger partial charge is 0.338 e. The average Bonchev–Trinajstić information content (AvgIpc) is 2.74. The van der Waals surface area contributed by atoms with E-state index in [1.807, 2.05) is 43.3 Å². The molecule has 0 aliphatic carbocycles. The number of pyridine rings is 1. The van der Waals surface area contributed by atoms with E-state index >= 15 is 0 Å². The maximum Gasteiger partial charge on any atom is 0.315 e. The van der Waals surface area contributed by atoms with Crippen molar-refractivity contribution in [3.8, 4) is 11.3 Å². The van der Waals surface area contributed by atoms with Crippen molar-refractivity contribution >= 4 is 35.8 Å². The van der Waals surface area contributed by atoms with E-state index < -0.39 is 0 Å². The van der Waals surface area contributed by atoms with Gasteiger partial charge in [0.15, 0.2) is 0 Å². The summed E-state index contributed by atoms with van der Waals surface area (Å²) in [4.78, 5) is 21.5. The number of allylic oxidation sites excluding steroid dienone is 5. The predicted octanol–water partition coefficient (Wildman–Crippen LogP) is 5.99. The highest BCUT2D eigenvalue weighted by molar-refractivity contribution is 7.99. The lowest BCUT2D eigenvalue weighted by Crippen LogP contribution is -2.34. The highest BCUT2D eigenvalue weighted by Gasteiger charge is 2.16. The van der Waals surface area contributed by atoms with Gasteiger partial charge < -0.3 is 10.6 Å². The van der Waals surface area contributed by atoms with Gasteiger partial charge in [-0.2, -0.15) is 0 Å². The van der Waals surface area contributed by atoms with E-state index in [4.69, 9.17) is 0 Å². The number of amides is 2. The molecule has 2 aromatic rings. The highest BCUT2D eigenvalue weighted by atomic mass is 32.2. The van der Waals surface area contributed by atoms with Crippen LogP contribution in [0.2, 0.25) is 0 Å². The van der Waals surface area contributed by atoms with Crippen LogP contribution < -0.4 is 10.6 Å². The molecule has 0 unspecified atom stereocenters. The van der Waals surface area contributed by atoms with Crippen LogP contribution in [-0.2, 0) is 0 Å². The first-order valence-electron chi connectivity index (χ1n) is 9.69. The lowest BCUT2D eigenvalue weighted by Gasteiger charge is -2.16. The summed E-state index contributed by atoms with van der Waals surface area (Å²) in [5.74, 6) is 0.402. The van der Waals surface area contributed by atoms with Gasteiger partial charge >= 0.3 is 6.03 Å². The van der Waals surface area contributed by atoms with Crippen molar-refractivity contribution < 1.29 is 4.79 Å². The molecule has 0 atom stereocenters. The normalized spacial score (nSPS) is 10.5. The number of rotatable bonds is 9. The van der Waals surface area contributed by atoms with E-state index in [0.717, 1.165) is 33.0 Å². The third-order valence-electron chi connectivity index (χ3n) is 4.22. The van der Waals surface area contributed by atoms with Gasteiger partial charge in [0.05, 0.1) is 17.3 Å². The summed E-state index contributed by atoms with van der Waals surface area (Å²) in [5.41, 5.74) is 5.83. The van der Waals surface area contributed by atoms with E-state index in [0.29, 0.717) is 12.4 Å². The minimum atomic E-state index is -0.199. The van der Waals surface area contributed by atoms with Crippen molar-refractivity contribution in [1.29, 1.82) is 0 Å². The molecule has 5 nitrogen and oxygen atoms in total. The predicted molar refractivity (Wildman–Crippen MR) is 129 cm³/mol. The Morgan fingerprint density at radius 1 is 1.27 bits per heavy atom. The van der Waals surface area contributed by atoms with E-state index in [9.17, 15) is 4.79 Å². The van der Waals surface area contributed by atoms with E-state index in [1.54, 1.807) is 12.3 Å². The van der Waals surface area contributed by atoms with Crippen LogP contribution >= 0.6 is 11.8 Å². The van der Waals surface area contributed by atoms with Gasteiger partial charge in [0.2, 0.25) is 0 Å². The molecule has 1 heterocycles. The molecule has 2 rings (SSSR count). The Morgan fingerprint density at radius 2 is 2.07 bits per heavy atom. The van der Waals surface area contributed by atoms with E-state index in [-0.39, 0.29) is 6.03 Å². The van der Waals surface area contributed by atoms with E-state index in [2.05, 4.69) is 53.8 Å². The molecule has 2 N–H and O–H groups in total. The number of carbonyl (C=O) groups is 1. The Labute approximate surface area is 183 Å². The summed E-state index contributed by atoms with van der Waals surface area (Å²) >= 11 is 1.50. The number of aliphatic imine (C=N–C) groups is 1. The monoisotopic (exact) mass is 420 g/mol. The molecule has 0 saturated carbocycles. The van der Waals surface area contributed by atoms with Crippen molar-refractivity contribution in [1.82, 2.24) is 15.6 Å². The van der Waals surface area contributed by atoms with Gasteiger partial charge in [0.25, 0.3) is 0 Å². The molecule has 30 heavy (non-hydrogen) atoms. The number of benzene rings is 1. The second-order valence-electron chi connectivity index (χ2n) is 6.58. The van der Waals surface area contributed by atoms with Crippen molar-refractivity contribution in [2.45, 2.75) is 25.7 Å². The topological polar surface area (TPSA) is 66.4 Å². The second-order valence-corrected chi connectivity index (χ2v) is 7.56. The van der Waals surface area contributed by atoms with Gasteiger partial charge in [-0.05, 0) is 62.9 Å². The van der Waals surface area contributed by atoms with Crippen molar-refractivity contribution in [3.05, 3.63) is 72.5 Å². The average molecular weight is 421 g/mol. The van der Waals surface area contributed by atoms with Gasteiger partial charge in [-0.3, -0.25) is 9.98 Å². The smallest absolute Gasteiger partial charge is 0.315 e. The first-order valence-corrected chi connectivity index (χ1v) is 10.7. The highest BCUT2D eigenvalue weighted by Crippen LogP contribution is 2.41. The molecular formula is C24H28N4OS. The van der Waals surface area contributed by atoms with Crippen LogP contribution in [0, 0.1) is 0 Å². The first kappa shape index (κ1) is 23.2. The van der Waals surface area contributed by atoms with Crippen LogP contribution in [0.5, 0.6) is 0 Å². The van der Waals surface area contributed by atoms with Crippen LogP contribution in [-0.4, -0.2) is 30.2 Å². The third kappa shape index (κ3) is 6.19. The van der Waals surface area contributed by atoms with Crippen molar-refractivity contribution in [3.63, 3.8) is 0 Å². The molecule has 156 valence electrons. The van der Waals surface area contributed by atoms with Crippen LogP contribution in [0.25, 0.3) is 16.8 Å². The number of nitrogens with zero attached hydrogens (tertiary/aromatic N) is 2. The minimum absolute atomic E-state index is 0.199. The number of nitrogens with one attached hydrogen (secondary N) is 2. The maximum absolute atomic E-state index is 11.8. The van der Waals surface area contributed by atoms with Gasteiger partial charge in [0.1, 0.15) is 0 Å². The second kappa shape index (κ2) is 11.8. The summed E-state index contributed by atoms with van der Waals surface area (Å²) in [6.45, 7) is 14.1. The number of aromatic nitrogens is 1. The van der Waals surface area contributed by atoms with Gasteiger partial charge in [-0.25, -0.2) is 4.79 Å². The Kier molecular flexibility index (Phi) is 9.09. The fourth-order valence-electron chi connectivity index (χ4n) is 2.86. The number of carbonyl (C=O) groups excluding carboxylic acids is 1. The zero-order valence-electron chi connectivity index (χ0n) is 17.7. The molecule has 2 amide bonds. The van der Waals surface area contributed by atoms with Crippen molar-refractivity contribution in [2.75, 3.05) is 12.4 Å². The molecule has 0 spiro atoms. The molecule has 0 aliphatic heterocycles. The van der Waals surface area contributed by atoms with Crippen LogP contribution in [0.1, 0.15) is 26.3 Å². The molecular weight excluding hydrogens is 392 g/mol. The summed E-state index contributed by atoms with van der Waals surface area (Å²) in [6, 6.07) is 9.74. The van der Waals surface area contributed by atoms with Gasteiger partial charge in [-0.15, -0.1) is 11.8 Å². The summed E-state index contributed by atoms with van der Waals surface area (Å²) in [6.07, 6.45) is 7.48.